The van der Waals surface area contributed by atoms with Crippen LogP contribution in [0.3, 0.4) is 0 Å². The fourth-order valence-electron chi connectivity index (χ4n) is 2.51. The van der Waals surface area contributed by atoms with Gasteiger partial charge in [-0.25, -0.2) is 0 Å². The van der Waals surface area contributed by atoms with Crippen molar-refractivity contribution < 1.29 is 0 Å². The van der Waals surface area contributed by atoms with Crippen LogP contribution in [-0.4, -0.2) is 41.7 Å². The van der Waals surface area contributed by atoms with Crippen LogP contribution in [0.2, 0.25) is 0 Å². The van der Waals surface area contributed by atoms with Gasteiger partial charge in [0.1, 0.15) is 0 Å². The maximum absolute atomic E-state index is 3.55. The van der Waals surface area contributed by atoms with E-state index in [1.54, 1.807) is 0 Å². The zero-order valence-electron chi connectivity index (χ0n) is 8.51. The Bertz CT molecular complexity index is 158. The Morgan fingerprint density at radius 2 is 2.38 bits per heavy atom. The van der Waals surface area contributed by atoms with Crippen LogP contribution in [0, 0.1) is 0 Å². The first-order valence-electron chi connectivity index (χ1n) is 5.47. The van der Waals surface area contributed by atoms with E-state index in [0.29, 0.717) is 4.87 Å². The van der Waals surface area contributed by atoms with Crippen LogP contribution in [0.4, 0.5) is 0 Å². The molecule has 0 amide bonds. The van der Waals surface area contributed by atoms with Crippen molar-refractivity contribution >= 4 is 11.8 Å². The molecule has 1 unspecified atom stereocenters. The van der Waals surface area contributed by atoms with Gasteiger partial charge in [-0.05, 0) is 38.1 Å². The van der Waals surface area contributed by atoms with Gasteiger partial charge < -0.3 is 5.32 Å². The number of hydrogen-bond donors (Lipinski definition) is 1. The van der Waals surface area contributed by atoms with E-state index in [4.69, 9.17) is 0 Å². The molecule has 2 heterocycles. The molecule has 13 heavy (non-hydrogen) atoms. The van der Waals surface area contributed by atoms with Gasteiger partial charge in [-0.3, -0.25) is 4.90 Å². The lowest BCUT2D eigenvalue weighted by molar-refractivity contribution is 0.138. The van der Waals surface area contributed by atoms with Crippen molar-refractivity contribution in [3.8, 4) is 0 Å². The van der Waals surface area contributed by atoms with Gasteiger partial charge in [0.15, 0.2) is 0 Å². The standard InChI is InChI=1S/C10H20N2S/c1-2-12-7-4-8-13-10(12)5-3-6-11-9-10/h11H,2-9H2,1H3. The Kier molecular flexibility index (Phi) is 3.17. The Balaban J connectivity index is 2.06. The van der Waals surface area contributed by atoms with E-state index in [2.05, 4.69) is 28.9 Å². The number of nitrogens with one attached hydrogen (secondary N) is 1. The van der Waals surface area contributed by atoms with Crippen LogP contribution in [-0.2, 0) is 0 Å². The first-order chi connectivity index (χ1) is 6.37. The van der Waals surface area contributed by atoms with E-state index in [-0.39, 0.29) is 0 Å². The van der Waals surface area contributed by atoms with Crippen molar-refractivity contribution in [2.45, 2.75) is 31.1 Å². The lowest BCUT2D eigenvalue weighted by Crippen LogP contribution is -2.57. The van der Waals surface area contributed by atoms with E-state index < -0.39 is 0 Å². The van der Waals surface area contributed by atoms with E-state index in [1.165, 1.54) is 51.2 Å². The summed E-state index contributed by atoms with van der Waals surface area (Å²) < 4.78 is 0. The fraction of sp³-hybridized carbons (Fsp3) is 1.00. The van der Waals surface area contributed by atoms with Gasteiger partial charge in [0, 0.05) is 13.1 Å². The second kappa shape index (κ2) is 4.20. The van der Waals surface area contributed by atoms with Crippen LogP contribution in [0.5, 0.6) is 0 Å². The SMILES string of the molecule is CCN1CCCSC12CCCNC2. The average Bonchev–Trinajstić information content (AvgIpc) is 2.20. The van der Waals surface area contributed by atoms with Gasteiger partial charge in [-0.2, -0.15) is 0 Å². The molecule has 2 aliphatic heterocycles. The lowest BCUT2D eigenvalue weighted by Gasteiger charge is -2.48. The highest BCUT2D eigenvalue weighted by atomic mass is 32.2. The summed E-state index contributed by atoms with van der Waals surface area (Å²) in [5.74, 6) is 1.36. The zero-order valence-corrected chi connectivity index (χ0v) is 9.33. The number of hydrogen-bond acceptors (Lipinski definition) is 3. The number of nitrogens with zero attached hydrogens (tertiary/aromatic N) is 1. The van der Waals surface area contributed by atoms with E-state index in [0.717, 1.165) is 0 Å². The summed E-state index contributed by atoms with van der Waals surface area (Å²) in [4.78, 5) is 3.14. The highest BCUT2D eigenvalue weighted by molar-refractivity contribution is 8.00. The third-order valence-corrected chi connectivity index (χ3v) is 4.86. The number of likely N-dealkylation sites (N-methyl/N-ethyl adjacent to an activating group) is 1. The van der Waals surface area contributed by atoms with Gasteiger partial charge >= 0.3 is 0 Å². The molecule has 0 aromatic rings. The van der Waals surface area contributed by atoms with Gasteiger partial charge in [-0.15, -0.1) is 11.8 Å². The minimum Gasteiger partial charge on any atom is -0.314 e. The minimum absolute atomic E-state index is 0.464. The predicted molar refractivity (Wildman–Crippen MR) is 59.2 cm³/mol. The molecule has 1 spiro atoms. The molecule has 3 heteroatoms. The van der Waals surface area contributed by atoms with Crippen molar-refractivity contribution in [1.29, 1.82) is 0 Å². The second-order valence-corrected chi connectivity index (χ2v) is 5.47. The fourth-order valence-corrected chi connectivity index (χ4v) is 4.06. The Morgan fingerprint density at radius 3 is 3.08 bits per heavy atom. The number of rotatable bonds is 1. The first-order valence-corrected chi connectivity index (χ1v) is 6.46. The molecule has 0 aromatic carbocycles. The van der Waals surface area contributed by atoms with Crippen LogP contribution in [0.15, 0.2) is 0 Å². The zero-order chi connectivity index (χ0) is 9.15. The van der Waals surface area contributed by atoms with Gasteiger partial charge in [0.05, 0.1) is 4.87 Å². The molecule has 2 aliphatic rings. The molecular weight excluding hydrogens is 180 g/mol. The van der Waals surface area contributed by atoms with Crippen LogP contribution >= 0.6 is 11.8 Å². The monoisotopic (exact) mass is 200 g/mol. The first kappa shape index (κ1) is 9.81. The summed E-state index contributed by atoms with van der Waals surface area (Å²) in [6, 6.07) is 0. The van der Waals surface area contributed by atoms with E-state index in [1.807, 2.05) is 0 Å². The van der Waals surface area contributed by atoms with Crippen LogP contribution < -0.4 is 5.32 Å². The summed E-state index contributed by atoms with van der Waals surface area (Å²) in [6.45, 7) is 7.24. The maximum atomic E-state index is 3.55. The summed E-state index contributed by atoms with van der Waals surface area (Å²) in [5, 5.41) is 3.55. The third-order valence-electron chi connectivity index (χ3n) is 3.22. The molecule has 1 atom stereocenters. The average molecular weight is 200 g/mol. The van der Waals surface area contributed by atoms with Crippen molar-refractivity contribution in [3.05, 3.63) is 0 Å². The van der Waals surface area contributed by atoms with Gasteiger partial charge in [0.25, 0.3) is 0 Å². The molecule has 0 aliphatic carbocycles. The molecule has 2 nitrogen and oxygen atoms in total. The molecule has 0 aromatic heterocycles. The minimum atomic E-state index is 0.464. The van der Waals surface area contributed by atoms with Crippen molar-refractivity contribution in [3.63, 3.8) is 0 Å². The van der Waals surface area contributed by atoms with E-state index >= 15 is 0 Å². The molecule has 0 radical (unpaired) electrons. The molecule has 1 N–H and O–H groups in total. The molecule has 2 fully saturated rings. The maximum Gasteiger partial charge on any atom is 0.0796 e. The second-order valence-electron chi connectivity index (χ2n) is 4.01. The Morgan fingerprint density at radius 1 is 1.46 bits per heavy atom. The summed E-state index contributed by atoms with van der Waals surface area (Å²) in [6.07, 6.45) is 4.11. The molecule has 0 saturated carbocycles. The topological polar surface area (TPSA) is 15.3 Å². The predicted octanol–water partition coefficient (Wildman–Crippen LogP) is 1.52. The summed E-state index contributed by atoms with van der Waals surface area (Å²) in [5.41, 5.74) is 0. The quantitative estimate of drug-likeness (QED) is 0.691. The normalized spacial score (nSPS) is 36.7. The number of thioether (sulfide) groups is 1. The molecule has 2 rings (SSSR count). The lowest BCUT2D eigenvalue weighted by atomic mass is 10.0. The van der Waals surface area contributed by atoms with Crippen LogP contribution in [0.25, 0.3) is 0 Å². The van der Waals surface area contributed by atoms with Gasteiger partial charge in [0.2, 0.25) is 0 Å². The Labute approximate surface area is 85.4 Å². The van der Waals surface area contributed by atoms with Gasteiger partial charge in [-0.1, -0.05) is 6.92 Å². The summed E-state index contributed by atoms with van der Waals surface area (Å²) >= 11 is 2.18. The summed E-state index contributed by atoms with van der Waals surface area (Å²) in [7, 11) is 0. The van der Waals surface area contributed by atoms with Crippen molar-refractivity contribution in [2.75, 3.05) is 31.9 Å². The van der Waals surface area contributed by atoms with Crippen LogP contribution in [0.1, 0.15) is 26.2 Å². The van der Waals surface area contributed by atoms with Crippen molar-refractivity contribution in [2.24, 2.45) is 0 Å². The molecule has 76 valence electrons. The molecular formula is C10H20N2S. The third kappa shape index (κ3) is 1.88. The van der Waals surface area contributed by atoms with Crippen molar-refractivity contribution in [1.82, 2.24) is 10.2 Å². The Hall–Kier alpha value is 0.270. The number of piperidine rings is 1. The molecule has 2 saturated heterocycles. The van der Waals surface area contributed by atoms with E-state index in [9.17, 15) is 0 Å². The highest BCUT2D eigenvalue weighted by Crippen LogP contribution is 2.38. The largest absolute Gasteiger partial charge is 0.314 e. The smallest absolute Gasteiger partial charge is 0.0796 e. The molecule has 0 bridgehead atoms. The highest BCUT2D eigenvalue weighted by Gasteiger charge is 2.39.